The van der Waals surface area contributed by atoms with Gasteiger partial charge in [0.2, 0.25) is 0 Å². The van der Waals surface area contributed by atoms with Gasteiger partial charge in [0.25, 0.3) is 0 Å². The minimum atomic E-state index is 0.645. The third-order valence-electron chi connectivity index (χ3n) is 4.29. The van der Waals surface area contributed by atoms with E-state index in [1.54, 1.807) is 6.20 Å². The molecule has 3 rings (SSSR count). The summed E-state index contributed by atoms with van der Waals surface area (Å²) in [6, 6.07) is 10.2. The quantitative estimate of drug-likeness (QED) is 0.578. The molecule has 2 N–H and O–H groups in total. The maximum Gasteiger partial charge on any atom is 0.191 e. The topological polar surface area (TPSA) is 66.7 Å². The van der Waals surface area contributed by atoms with Crippen LogP contribution in [-0.2, 0) is 11.3 Å². The van der Waals surface area contributed by atoms with Crippen LogP contribution in [0.4, 0.5) is 0 Å². The largest absolute Gasteiger partial charge is 0.379 e. The Labute approximate surface area is 155 Å². The van der Waals surface area contributed by atoms with E-state index in [0.29, 0.717) is 6.54 Å². The lowest BCUT2D eigenvalue weighted by molar-refractivity contribution is 0.0389. The zero-order valence-electron chi connectivity index (χ0n) is 15.4. The first kappa shape index (κ1) is 18.4. The second-order valence-electron chi connectivity index (χ2n) is 6.19. The van der Waals surface area contributed by atoms with E-state index in [0.717, 1.165) is 57.6 Å². The van der Waals surface area contributed by atoms with Gasteiger partial charge in [-0.15, -0.1) is 0 Å². The fourth-order valence-electron chi connectivity index (χ4n) is 2.84. The van der Waals surface area contributed by atoms with Crippen molar-refractivity contribution in [3.05, 3.63) is 48.3 Å². The summed E-state index contributed by atoms with van der Waals surface area (Å²) in [5, 5.41) is 11.0. The minimum Gasteiger partial charge on any atom is -0.379 e. The highest BCUT2D eigenvalue weighted by Gasteiger charge is 2.09. The van der Waals surface area contributed by atoms with E-state index in [4.69, 9.17) is 4.74 Å². The first-order valence-electron chi connectivity index (χ1n) is 9.26. The molecule has 1 aliphatic rings. The Morgan fingerprint density at radius 1 is 1.19 bits per heavy atom. The van der Waals surface area contributed by atoms with E-state index in [-0.39, 0.29) is 0 Å². The lowest BCUT2D eigenvalue weighted by Gasteiger charge is -2.26. The summed E-state index contributed by atoms with van der Waals surface area (Å²) >= 11 is 0. The van der Waals surface area contributed by atoms with Gasteiger partial charge in [0, 0.05) is 45.1 Å². The molecule has 1 aliphatic heterocycles. The number of hydrogen-bond acceptors (Lipinski definition) is 4. The zero-order chi connectivity index (χ0) is 18.0. The molecule has 2 heterocycles. The summed E-state index contributed by atoms with van der Waals surface area (Å²) in [6.07, 6.45) is 3.72. The van der Waals surface area contributed by atoms with Gasteiger partial charge in [0.05, 0.1) is 25.4 Å². The van der Waals surface area contributed by atoms with E-state index in [2.05, 4.69) is 56.8 Å². The number of aromatic nitrogens is 2. The summed E-state index contributed by atoms with van der Waals surface area (Å²) < 4.78 is 7.23. The molecule has 1 fully saturated rings. The van der Waals surface area contributed by atoms with Crippen LogP contribution in [0.5, 0.6) is 0 Å². The molecule has 0 radical (unpaired) electrons. The van der Waals surface area contributed by atoms with Gasteiger partial charge in [-0.3, -0.25) is 4.90 Å². The normalized spacial score (nSPS) is 15.8. The van der Waals surface area contributed by atoms with Crippen molar-refractivity contribution in [2.75, 3.05) is 45.9 Å². The fourth-order valence-corrected chi connectivity index (χ4v) is 2.84. The SMILES string of the molecule is CCNC(=NCc1ccc(-n2cccn2)cc1)NCCN1CCOCC1. The average molecular weight is 356 g/mol. The van der Waals surface area contributed by atoms with Crippen molar-refractivity contribution in [3.8, 4) is 5.69 Å². The highest BCUT2D eigenvalue weighted by atomic mass is 16.5. The number of rotatable bonds is 7. The number of benzene rings is 1. The van der Waals surface area contributed by atoms with Gasteiger partial charge < -0.3 is 15.4 Å². The lowest BCUT2D eigenvalue weighted by Crippen LogP contribution is -2.44. The zero-order valence-corrected chi connectivity index (χ0v) is 15.4. The predicted octanol–water partition coefficient (Wildman–Crippen LogP) is 1.26. The molecule has 0 spiro atoms. The van der Waals surface area contributed by atoms with E-state index in [9.17, 15) is 0 Å². The molecule has 0 aliphatic carbocycles. The molecule has 0 unspecified atom stereocenters. The Morgan fingerprint density at radius 3 is 2.69 bits per heavy atom. The molecule has 0 atom stereocenters. The highest BCUT2D eigenvalue weighted by molar-refractivity contribution is 5.79. The Balaban J connectivity index is 1.49. The van der Waals surface area contributed by atoms with Crippen molar-refractivity contribution in [1.82, 2.24) is 25.3 Å². The molecule has 1 saturated heterocycles. The van der Waals surface area contributed by atoms with Crippen molar-refractivity contribution in [3.63, 3.8) is 0 Å². The standard InChI is InChI=1S/C19H28N6O/c1-2-20-19(21-9-11-24-12-14-26-15-13-24)22-16-17-4-6-18(7-5-17)25-10-3-8-23-25/h3-8,10H,2,9,11-16H2,1H3,(H2,20,21,22). The Kier molecular flexibility index (Phi) is 7.04. The Bertz CT molecular complexity index is 662. The first-order valence-corrected chi connectivity index (χ1v) is 9.26. The Hall–Kier alpha value is -2.38. The lowest BCUT2D eigenvalue weighted by atomic mass is 10.2. The summed E-state index contributed by atoms with van der Waals surface area (Å²) in [7, 11) is 0. The van der Waals surface area contributed by atoms with Crippen molar-refractivity contribution in [2.45, 2.75) is 13.5 Å². The maximum absolute atomic E-state index is 5.38. The van der Waals surface area contributed by atoms with Crippen LogP contribution in [-0.4, -0.2) is 66.6 Å². The average Bonchev–Trinajstić information content (AvgIpc) is 3.22. The number of nitrogens with one attached hydrogen (secondary N) is 2. The molecular weight excluding hydrogens is 328 g/mol. The third-order valence-corrected chi connectivity index (χ3v) is 4.29. The van der Waals surface area contributed by atoms with E-state index in [1.807, 2.05) is 16.9 Å². The summed E-state index contributed by atoms with van der Waals surface area (Å²) in [6.45, 7) is 9.16. The minimum absolute atomic E-state index is 0.645. The van der Waals surface area contributed by atoms with Crippen LogP contribution in [0.3, 0.4) is 0 Å². The van der Waals surface area contributed by atoms with Gasteiger partial charge >= 0.3 is 0 Å². The van der Waals surface area contributed by atoms with Crippen LogP contribution in [0, 0.1) is 0 Å². The highest BCUT2D eigenvalue weighted by Crippen LogP contribution is 2.09. The van der Waals surface area contributed by atoms with Crippen molar-refractivity contribution in [1.29, 1.82) is 0 Å². The van der Waals surface area contributed by atoms with E-state index >= 15 is 0 Å². The summed E-state index contributed by atoms with van der Waals surface area (Å²) in [5.41, 5.74) is 2.23. The molecule has 1 aromatic carbocycles. The molecule has 26 heavy (non-hydrogen) atoms. The van der Waals surface area contributed by atoms with E-state index in [1.165, 1.54) is 5.56 Å². The third kappa shape index (κ3) is 5.57. The number of nitrogens with zero attached hydrogens (tertiary/aromatic N) is 4. The predicted molar refractivity (Wildman–Crippen MR) is 104 cm³/mol. The number of aliphatic imine (C=N–C) groups is 1. The second kappa shape index (κ2) is 9.94. The number of ether oxygens (including phenoxy) is 1. The molecule has 0 amide bonds. The van der Waals surface area contributed by atoms with Gasteiger partial charge in [0.1, 0.15) is 0 Å². The van der Waals surface area contributed by atoms with Crippen LogP contribution in [0.15, 0.2) is 47.7 Å². The molecule has 0 bridgehead atoms. The van der Waals surface area contributed by atoms with Crippen LogP contribution < -0.4 is 10.6 Å². The van der Waals surface area contributed by atoms with Crippen molar-refractivity contribution < 1.29 is 4.74 Å². The molecule has 140 valence electrons. The van der Waals surface area contributed by atoms with Gasteiger partial charge in [-0.1, -0.05) is 12.1 Å². The maximum atomic E-state index is 5.38. The smallest absolute Gasteiger partial charge is 0.191 e. The van der Waals surface area contributed by atoms with Crippen molar-refractivity contribution in [2.24, 2.45) is 4.99 Å². The number of morpholine rings is 1. The summed E-state index contributed by atoms with van der Waals surface area (Å²) in [4.78, 5) is 7.10. The second-order valence-corrected chi connectivity index (χ2v) is 6.19. The monoisotopic (exact) mass is 356 g/mol. The van der Waals surface area contributed by atoms with Crippen LogP contribution in [0.25, 0.3) is 5.69 Å². The van der Waals surface area contributed by atoms with Crippen molar-refractivity contribution >= 4 is 5.96 Å². The van der Waals surface area contributed by atoms with Crippen LogP contribution >= 0.6 is 0 Å². The van der Waals surface area contributed by atoms with Gasteiger partial charge in [-0.25, -0.2) is 9.67 Å². The van der Waals surface area contributed by atoms with Crippen LogP contribution in [0.1, 0.15) is 12.5 Å². The molecule has 7 heteroatoms. The molecule has 2 aromatic rings. The molecule has 0 saturated carbocycles. The molecule has 7 nitrogen and oxygen atoms in total. The first-order chi connectivity index (χ1) is 12.8. The van der Waals surface area contributed by atoms with Gasteiger partial charge in [-0.2, -0.15) is 5.10 Å². The number of hydrogen-bond donors (Lipinski definition) is 2. The molecular formula is C19H28N6O. The van der Waals surface area contributed by atoms with Gasteiger partial charge in [0.15, 0.2) is 5.96 Å². The summed E-state index contributed by atoms with van der Waals surface area (Å²) in [5.74, 6) is 0.858. The number of guanidine groups is 1. The Morgan fingerprint density at radius 2 is 2.00 bits per heavy atom. The molecule has 1 aromatic heterocycles. The van der Waals surface area contributed by atoms with E-state index < -0.39 is 0 Å². The van der Waals surface area contributed by atoms with Crippen LogP contribution in [0.2, 0.25) is 0 Å². The van der Waals surface area contributed by atoms with Gasteiger partial charge in [-0.05, 0) is 30.7 Å². The fraction of sp³-hybridized carbons (Fsp3) is 0.474.